The largest absolute Gasteiger partial charge is 0.369 e. The first-order chi connectivity index (χ1) is 10.3. The fraction of sp³-hybridized carbons (Fsp3) is 0.133. The first-order valence-electron chi connectivity index (χ1n) is 6.47. The number of carbonyl (C=O) groups excluding carboxylic acids is 1. The SMILES string of the molecule is C[C@@H](C(N)=O)c1ccc(NS(=O)(=O)c2ccc(Cl)cc2)cc1. The number of hydrogen-bond donors (Lipinski definition) is 2. The lowest BCUT2D eigenvalue weighted by Gasteiger charge is -2.11. The Hall–Kier alpha value is -2.05. The normalized spacial score (nSPS) is 12.6. The molecular formula is C15H15ClN2O3S. The van der Waals surface area contributed by atoms with Gasteiger partial charge in [0, 0.05) is 10.7 Å². The Labute approximate surface area is 134 Å². The van der Waals surface area contributed by atoms with Crippen LogP contribution in [0.3, 0.4) is 0 Å². The standard InChI is InChI=1S/C15H15ClN2O3S/c1-10(15(17)19)11-2-6-13(7-3-11)18-22(20,21)14-8-4-12(16)5-9-14/h2-10,18H,1H3,(H2,17,19)/t10-/m1/s1. The van der Waals surface area contributed by atoms with Gasteiger partial charge in [-0.15, -0.1) is 0 Å². The van der Waals surface area contributed by atoms with E-state index >= 15 is 0 Å². The second-order valence-electron chi connectivity index (χ2n) is 4.81. The first kappa shape index (κ1) is 16.3. The molecule has 0 aliphatic carbocycles. The van der Waals surface area contributed by atoms with E-state index in [2.05, 4.69) is 4.72 Å². The molecule has 7 heteroatoms. The third-order valence-corrected chi connectivity index (χ3v) is 4.86. The molecule has 116 valence electrons. The van der Waals surface area contributed by atoms with Crippen molar-refractivity contribution in [3.8, 4) is 0 Å². The number of nitrogens with one attached hydrogen (secondary N) is 1. The summed E-state index contributed by atoms with van der Waals surface area (Å²) in [6.07, 6.45) is 0. The molecule has 0 bridgehead atoms. The Kier molecular flexibility index (Phi) is 4.73. The minimum Gasteiger partial charge on any atom is -0.369 e. The van der Waals surface area contributed by atoms with Crippen molar-refractivity contribution in [2.24, 2.45) is 5.73 Å². The first-order valence-corrected chi connectivity index (χ1v) is 8.33. The molecule has 0 saturated carbocycles. The molecule has 22 heavy (non-hydrogen) atoms. The van der Waals surface area contributed by atoms with E-state index in [9.17, 15) is 13.2 Å². The van der Waals surface area contributed by atoms with Crippen LogP contribution in [-0.2, 0) is 14.8 Å². The lowest BCUT2D eigenvalue weighted by molar-refractivity contribution is -0.119. The lowest BCUT2D eigenvalue weighted by atomic mass is 10.0. The van der Waals surface area contributed by atoms with Gasteiger partial charge in [0.25, 0.3) is 10.0 Å². The monoisotopic (exact) mass is 338 g/mol. The van der Waals surface area contributed by atoms with Crippen LogP contribution in [-0.4, -0.2) is 14.3 Å². The van der Waals surface area contributed by atoms with Crippen molar-refractivity contribution in [2.45, 2.75) is 17.7 Å². The van der Waals surface area contributed by atoms with Gasteiger partial charge in [0.15, 0.2) is 0 Å². The molecule has 2 rings (SSSR count). The van der Waals surface area contributed by atoms with Gasteiger partial charge in [-0.25, -0.2) is 8.42 Å². The molecule has 2 aromatic carbocycles. The average molecular weight is 339 g/mol. The summed E-state index contributed by atoms with van der Waals surface area (Å²) in [4.78, 5) is 11.2. The minimum atomic E-state index is -3.68. The third kappa shape index (κ3) is 3.78. The molecule has 0 aliphatic rings. The number of anilines is 1. The van der Waals surface area contributed by atoms with E-state index < -0.39 is 21.8 Å². The molecule has 0 aromatic heterocycles. The van der Waals surface area contributed by atoms with Crippen LogP contribution in [0.2, 0.25) is 5.02 Å². The van der Waals surface area contributed by atoms with E-state index in [0.717, 1.165) is 5.56 Å². The molecule has 0 aliphatic heterocycles. The summed E-state index contributed by atoms with van der Waals surface area (Å²) < 4.78 is 26.9. The van der Waals surface area contributed by atoms with Gasteiger partial charge in [-0.1, -0.05) is 23.7 Å². The Morgan fingerprint density at radius 3 is 2.14 bits per heavy atom. The highest BCUT2D eigenvalue weighted by Gasteiger charge is 2.15. The van der Waals surface area contributed by atoms with Crippen molar-refractivity contribution in [3.05, 3.63) is 59.1 Å². The van der Waals surface area contributed by atoms with Crippen LogP contribution in [0.4, 0.5) is 5.69 Å². The lowest BCUT2D eigenvalue weighted by Crippen LogP contribution is -2.18. The van der Waals surface area contributed by atoms with Crippen LogP contribution in [0.5, 0.6) is 0 Å². The topological polar surface area (TPSA) is 89.3 Å². The molecule has 3 N–H and O–H groups in total. The van der Waals surface area contributed by atoms with Crippen LogP contribution in [0.25, 0.3) is 0 Å². The summed E-state index contributed by atoms with van der Waals surface area (Å²) in [5, 5.41) is 0.462. The van der Waals surface area contributed by atoms with E-state index in [-0.39, 0.29) is 4.90 Å². The molecular weight excluding hydrogens is 324 g/mol. The van der Waals surface area contributed by atoms with Crippen molar-refractivity contribution >= 4 is 33.2 Å². The molecule has 0 unspecified atom stereocenters. The number of halogens is 1. The summed E-state index contributed by atoms with van der Waals surface area (Å²) in [5.74, 6) is -0.864. The summed E-state index contributed by atoms with van der Waals surface area (Å²) in [7, 11) is -3.68. The number of sulfonamides is 1. The number of hydrogen-bond acceptors (Lipinski definition) is 3. The fourth-order valence-corrected chi connectivity index (χ4v) is 3.02. The number of benzene rings is 2. The number of nitrogens with two attached hydrogens (primary N) is 1. The van der Waals surface area contributed by atoms with Gasteiger partial charge in [-0.05, 0) is 48.9 Å². The van der Waals surface area contributed by atoms with Gasteiger partial charge in [0.05, 0.1) is 10.8 Å². The van der Waals surface area contributed by atoms with Crippen LogP contribution < -0.4 is 10.5 Å². The summed E-state index contributed by atoms with van der Waals surface area (Å²) >= 11 is 5.74. The smallest absolute Gasteiger partial charge is 0.261 e. The average Bonchev–Trinajstić information content (AvgIpc) is 2.47. The molecule has 0 heterocycles. The Balaban J connectivity index is 2.20. The minimum absolute atomic E-state index is 0.117. The van der Waals surface area contributed by atoms with E-state index in [0.29, 0.717) is 10.7 Å². The molecule has 0 spiro atoms. The number of rotatable bonds is 5. The Morgan fingerprint density at radius 1 is 1.09 bits per heavy atom. The third-order valence-electron chi connectivity index (χ3n) is 3.21. The Morgan fingerprint density at radius 2 is 1.64 bits per heavy atom. The maximum absolute atomic E-state index is 12.2. The van der Waals surface area contributed by atoms with Crippen LogP contribution in [0.15, 0.2) is 53.4 Å². The zero-order valence-corrected chi connectivity index (χ0v) is 13.4. The van der Waals surface area contributed by atoms with Gasteiger partial charge >= 0.3 is 0 Å². The number of amides is 1. The van der Waals surface area contributed by atoms with Crippen molar-refractivity contribution in [1.29, 1.82) is 0 Å². The van der Waals surface area contributed by atoms with E-state index in [1.807, 2.05) is 0 Å². The maximum atomic E-state index is 12.2. The Bertz CT molecular complexity index is 771. The van der Waals surface area contributed by atoms with Crippen LogP contribution in [0.1, 0.15) is 18.4 Å². The van der Waals surface area contributed by atoms with Crippen molar-refractivity contribution in [3.63, 3.8) is 0 Å². The van der Waals surface area contributed by atoms with Crippen molar-refractivity contribution in [1.82, 2.24) is 0 Å². The van der Waals surface area contributed by atoms with Crippen molar-refractivity contribution in [2.75, 3.05) is 4.72 Å². The highest BCUT2D eigenvalue weighted by atomic mass is 35.5. The molecule has 5 nitrogen and oxygen atoms in total. The summed E-state index contributed by atoms with van der Waals surface area (Å²) in [6.45, 7) is 1.69. The van der Waals surface area contributed by atoms with E-state index in [4.69, 9.17) is 17.3 Å². The van der Waals surface area contributed by atoms with Gasteiger partial charge < -0.3 is 5.73 Å². The van der Waals surface area contributed by atoms with Gasteiger partial charge in [-0.2, -0.15) is 0 Å². The maximum Gasteiger partial charge on any atom is 0.261 e. The van der Waals surface area contributed by atoms with Gasteiger partial charge in [0.2, 0.25) is 5.91 Å². The summed E-state index contributed by atoms with van der Waals surface area (Å²) in [6, 6.07) is 12.4. The number of carbonyl (C=O) groups is 1. The highest BCUT2D eigenvalue weighted by Crippen LogP contribution is 2.21. The second kappa shape index (κ2) is 6.37. The highest BCUT2D eigenvalue weighted by molar-refractivity contribution is 7.92. The molecule has 0 radical (unpaired) electrons. The molecule has 0 fully saturated rings. The van der Waals surface area contributed by atoms with Gasteiger partial charge in [-0.3, -0.25) is 9.52 Å². The molecule has 0 saturated heterocycles. The molecule has 2 aromatic rings. The molecule has 1 atom stereocenters. The quantitative estimate of drug-likeness (QED) is 0.878. The fourth-order valence-electron chi connectivity index (χ4n) is 1.83. The zero-order chi connectivity index (χ0) is 16.3. The van der Waals surface area contributed by atoms with Crippen LogP contribution >= 0.6 is 11.6 Å². The van der Waals surface area contributed by atoms with Gasteiger partial charge in [0.1, 0.15) is 0 Å². The predicted molar refractivity (Wildman–Crippen MR) is 86.3 cm³/mol. The van der Waals surface area contributed by atoms with E-state index in [1.165, 1.54) is 24.3 Å². The second-order valence-corrected chi connectivity index (χ2v) is 6.92. The molecule has 1 amide bonds. The number of primary amides is 1. The zero-order valence-electron chi connectivity index (χ0n) is 11.8. The predicted octanol–water partition coefficient (Wildman–Crippen LogP) is 2.73. The van der Waals surface area contributed by atoms with E-state index in [1.54, 1.807) is 31.2 Å². The summed E-state index contributed by atoms with van der Waals surface area (Å²) in [5.41, 5.74) is 6.36. The van der Waals surface area contributed by atoms with Crippen LogP contribution in [0, 0.1) is 0 Å². The van der Waals surface area contributed by atoms with Crippen molar-refractivity contribution < 1.29 is 13.2 Å².